The van der Waals surface area contributed by atoms with Gasteiger partial charge in [0.05, 0.1) is 6.61 Å². The third kappa shape index (κ3) is 5.84. The number of guanidine groups is 1. The van der Waals surface area contributed by atoms with E-state index in [2.05, 4.69) is 39.2 Å². The first-order valence-electron chi connectivity index (χ1n) is 9.12. The van der Waals surface area contributed by atoms with Gasteiger partial charge in [0.15, 0.2) is 5.96 Å². The molecular formula is C17H32N4O2S. The zero-order valence-electron chi connectivity index (χ0n) is 15.1. The minimum atomic E-state index is -0.0544. The van der Waals surface area contributed by atoms with Crippen LogP contribution >= 0.6 is 11.8 Å². The summed E-state index contributed by atoms with van der Waals surface area (Å²) < 4.78 is 5.34. The SMILES string of the molecule is CCNC(=NCC(=O)NCCOC)N1CCSC2(CCCCC2)C1. The second-order valence-electron chi connectivity index (χ2n) is 6.53. The van der Waals surface area contributed by atoms with Gasteiger partial charge in [-0.05, 0) is 19.8 Å². The van der Waals surface area contributed by atoms with Crippen molar-refractivity contribution in [1.82, 2.24) is 15.5 Å². The van der Waals surface area contributed by atoms with E-state index in [0.29, 0.717) is 17.9 Å². The highest BCUT2D eigenvalue weighted by atomic mass is 32.2. The van der Waals surface area contributed by atoms with Crippen LogP contribution in [0, 0.1) is 0 Å². The molecule has 1 spiro atoms. The number of hydrogen-bond donors (Lipinski definition) is 2. The van der Waals surface area contributed by atoms with Gasteiger partial charge < -0.3 is 20.3 Å². The lowest BCUT2D eigenvalue weighted by molar-refractivity contribution is -0.119. The zero-order valence-corrected chi connectivity index (χ0v) is 15.9. The van der Waals surface area contributed by atoms with Crippen LogP contribution in [0.25, 0.3) is 0 Å². The molecule has 0 bridgehead atoms. The molecule has 6 nitrogen and oxygen atoms in total. The number of carbonyl (C=O) groups is 1. The van der Waals surface area contributed by atoms with E-state index in [4.69, 9.17) is 4.74 Å². The van der Waals surface area contributed by atoms with Crippen LogP contribution < -0.4 is 10.6 Å². The number of aliphatic imine (C=N–C) groups is 1. The van der Waals surface area contributed by atoms with Crippen molar-refractivity contribution in [3.63, 3.8) is 0 Å². The fourth-order valence-corrected chi connectivity index (χ4v) is 5.01. The first-order valence-corrected chi connectivity index (χ1v) is 10.1. The van der Waals surface area contributed by atoms with Gasteiger partial charge in [-0.25, -0.2) is 4.99 Å². The molecule has 1 aliphatic heterocycles. The van der Waals surface area contributed by atoms with Crippen molar-refractivity contribution in [3.8, 4) is 0 Å². The van der Waals surface area contributed by atoms with E-state index < -0.39 is 0 Å². The van der Waals surface area contributed by atoms with Crippen LogP contribution in [0.3, 0.4) is 0 Å². The van der Waals surface area contributed by atoms with E-state index in [-0.39, 0.29) is 12.5 Å². The van der Waals surface area contributed by atoms with Gasteiger partial charge in [-0.2, -0.15) is 11.8 Å². The number of hydrogen-bond acceptors (Lipinski definition) is 4. The van der Waals surface area contributed by atoms with E-state index in [0.717, 1.165) is 31.3 Å². The molecule has 0 atom stereocenters. The van der Waals surface area contributed by atoms with E-state index in [9.17, 15) is 4.79 Å². The van der Waals surface area contributed by atoms with Crippen molar-refractivity contribution >= 4 is 23.6 Å². The maximum Gasteiger partial charge on any atom is 0.241 e. The second-order valence-corrected chi connectivity index (χ2v) is 8.09. The van der Waals surface area contributed by atoms with Crippen LogP contribution in [0.5, 0.6) is 0 Å². The maximum atomic E-state index is 11.9. The van der Waals surface area contributed by atoms with Gasteiger partial charge in [0, 0.05) is 43.8 Å². The molecule has 0 aromatic carbocycles. The standard InChI is InChI=1S/C17H32N4O2S/c1-3-18-16(20-13-15(22)19-9-11-23-2)21-10-12-24-17(14-21)7-5-4-6-8-17/h3-14H2,1-2H3,(H,18,20)(H,19,22). The molecule has 2 aliphatic rings. The second kappa shape index (κ2) is 10.1. The van der Waals surface area contributed by atoms with Crippen LogP contribution in [-0.2, 0) is 9.53 Å². The smallest absolute Gasteiger partial charge is 0.241 e. The van der Waals surface area contributed by atoms with Gasteiger partial charge in [-0.3, -0.25) is 4.79 Å². The highest BCUT2D eigenvalue weighted by molar-refractivity contribution is 8.00. The Kier molecular flexibility index (Phi) is 8.18. The molecule has 1 saturated heterocycles. The Hall–Kier alpha value is -0.950. The average molecular weight is 357 g/mol. The van der Waals surface area contributed by atoms with Crippen LogP contribution in [0.15, 0.2) is 4.99 Å². The van der Waals surface area contributed by atoms with Crippen molar-refractivity contribution in [2.75, 3.05) is 52.2 Å². The predicted octanol–water partition coefficient (Wildman–Crippen LogP) is 1.47. The Bertz CT molecular complexity index is 419. The summed E-state index contributed by atoms with van der Waals surface area (Å²) in [5.41, 5.74) is 0. The first kappa shape index (κ1) is 19.4. The van der Waals surface area contributed by atoms with Crippen LogP contribution in [0.1, 0.15) is 39.0 Å². The minimum Gasteiger partial charge on any atom is -0.383 e. The molecule has 138 valence electrons. The quantitative estimate of drug-likeness (QED) is 0.429. The normalized spacial score (nSPS) is 20.9. The van der Waals surface area contributed by atoms with Gasteiger partial charge in [-0.15, -0.1) is 0 Å². The fourth-order valence-electron chi connectivity index (χ4n) is 3.45. The van der Waals surface area contributed by atoms with Crippen molar-refractivity contribution in [2.24, 2.45) is 4.99 Å². The largest absolute Gasteiger partial charge is 0.383 e. The number of rotatable bonds is 6. The summed E-state index contributed by atoms with van der Waals surface area (Å²) in [6.45, 7) is 6.18. The molecule has 2 rings (SSSR count). The Labute approximate surface area is 150 Å². The van der Waals surface area contributed by atoms with Gasteiger partial charge in [0.1, 0.15) is 6.54 Å². The van der Waals surface area contributed by atoms with Crippen molar-refractivity contribution in [3.05, 3.63) is 0 Å². The predicted molar refractivity (Wildman–Crippen MR) is 101 cm³/mol. The summed E-state index contributed by atoms with van der Waals surface area (Å²) in [6, 6.07) is 0. The molecule has 24 heavy (non-hydrogen) atoms. The lowest BCUT2D eigenvalue weighted by Crippen LogP contribution is -2.53. The Balaban J connectivity index is 1.92. The van der Waals surface area contributed by atoms with E-state index in [1.54, 1.807) is 7.11 Å². The van der Waals surface area contributed by atoms with Crippen molar-refractivity contribution in [2.45, 2.75) is 43.8 Å². The number of carbonyl (C=O) groups excluding carboxylic acids is 1. The summed E-state index contributed by atoms with van der Waals surface area (Å²) in [7, 11) is 1.63. The lowest BCUT2D eigenvalue weighted by Gasteiger charge is -2.45. The summed E-state index contributed by atoms with van der Waals surface area (Å²) in [5, 5.41) is 6.18. The molecule has 7 heteroatoms. The number of thioether (sulfide) groups is 1. The molecule has 1 saturated carbocycles. The van der Waals surface area contributed by atoms with E-state index in [1.807, 2.05) is 0 Å². The van der Waals surface area contributed by atoms with E-state index >= 15 is 0 Å². The molecule has 0 radical (unpaired) electrons. The minimum absolute atomic E-state index is 0.0544. The molecule has 0 aromatic rings. The van der Waals surface area contributed by atoms with Crippen molar-refractivity contribution < 1.29 is 9.53 Å². The zero-order chi connectivity index (χ0) is 17.3. The lowest BCUT2D eigenvalue weighted by atomic mass is 9.87. The summed E-state index contributed by atoms with van der Waals surface area (Å²) in [5.74, 6) is 1.97. The molecule has 0 aromatic heterocycles. The highest BCUT2D eigenvalue weighted by Crippen LogP contribution is 2.42. The summed E-state index contributed by atoms with van der Waals surface area (Å²) in [6.07, 6.45) is 6.68. The Morgan fingerprint density at radius 3 is 2.79 bits per heavy atom. The monoisotopic (exact) mass is 356 g/mol. The number of methoxy groups -OCH3 is 1. The molecule has 1 amide bonds. The average Bonchev–Trinajstić information content (AvgIpc) is 2.59. The van der Waals surface area contributed by atoms with Crippen LogP contribution in [0.2, 0.25) is 0 Å². The highest BCUT2D eigenvalue weighted by Gasteiger charge is 2.38. The Morgan fingerprint density at radius 1 is 1.29 bits per heavy atom. The summed E-state index contributed by atoms with van der Waals surface area (Å²) in [4.78, 5) is 18.8. The molecule has 1 aliphatic carbocycles. The third-order valence-electron chi connectivity index (χ3n) is 4.65. The number of ether oxygens (including phenoxy) is 1. The van der Waals surface area contributed by atoms with Gasteiger partial charge in [0.2, 0.25) is 5.91 Å². The fraction of sp³-hybridized carbons (Fsp3) is 0.882. The van der Waals surface area contributed by atoms with E-state index in [1.165, 1.54) is 32.1 Å². The van der Waals surface area contributed by atoms with Gasteiger partial charge in [0.25, 0.3) is 0 Å². The topological polar surface area (TPSA) is 66.0 Å². The maximum absolute atomic E-state index is 11.9. The molecule has 1 heterocycles. The van der Waals surface area contributed by atoms with Crippen LogP contribution in [-0.4, -0.2) is 73.7 Å². The molecule has 2 N–H and O–H groups in total. The first-order chi connectivity index (χ1) is 11.7. The molecular weight excluding hydrogens is 324 g/mol. The number of nitrogens with zero attached hydrogens (tertiary/aromatic N) is 2. The van der Waals surface area contributed by atoms with Crippen LogP contribution in [0.4, 0.5) is 0 Å². The van der Waals surface area contributed by atoms with Gasteiger partial charge >= 0.3 is 0 Å². The summed E-state index contributed by atoms with van der Waals surface area (Å²) >= 11 is 2.15. The Morgan fingerprint density at radius 2 is 2.08 bits per heavy atom. The van der Waals surface area contributed by atoms with Gasteiger partial charge in [-0.1, -0.05) is 19.3 Å². The third-order valence-corrected chi connectivity index (χ3v) is 6.18. The number of nitrogens with one attached hydrogen (secondary N) is 2. The molecule has 2 fully saturated rings. The molecule has 0 unspecified atom stereocenters. The number of amides is 1. The van der Waals surface area contributed by atoms with Crippen molar-refractivity contribution in [1.29, 1.82) is 0 Å².